The summed E-state index contributed by atoms with van der Waals surface area (Å²) < 4.78 is 38.3. The minimum absolute atomic E-state index is 0.00652. The van der Waals surface area contributed by atoms with Crippen molar-refractivity contribution in [3.8, 4) is 0 Å². The predicted molar refractivity (Wildman–Crippen MR) is 70.0 cm³/mol. The number of aliphatic hydroxyl groups excluding tert-OH is 1. The van der Waals surface area contributed by atoms with Crippen LogP contribution in [0.5, 0.6) is 0 Å². The average Bonchev–Trinajstić information content (AvgIpc) is 2.36. The summed E-state index contributed by atoms with van der Waals surface area (Å²) in [4.78, 5) is 3.79. The van der Waals surface area contributed by atoms with E-state index in [1.165, 1.54) is 12.3 Å². The molecule has 0 amide bonds. The Hall–Kier alpha value is -0.790. The summed E-state index contributed by atoms with van der Waals surface area (Å²) >= 11 is 1.58. The lowest BCUT2D eigenvalue weighted by atomic mass is 10.1. The fraction of sp³-hybridized carbons (Fsp3) is 0.583. The van der Waals surface area contributed by atoms with E-state index in [0.717, 1.165) is 11.8 Å². The topological polar surface area (TPSA) is 45.1 Å². The summed E-state index contributed by atoms with van der Waals surface area (Å²) in [6.45, 7) is 0.0491. The molecule has 0 fully saturated rings. The zero-order valence-corrected chi connectivity index (χ0v) is 11.4. The zero-order chi connectivity index (χ0) is 14.3. The standard InChI is InChI=1S/C12H17F3N2OS/c1-19-8-9(4-6-18)17-7-11-10(12(13,14)15)3-2-5-16-11/h2-3,5,9,17-18H,4,6-8H2,1H3. The lowest BCUT2D eigenvalue weighted by molar-refractivity contribution is -0.138. The highest BCUT2D eigenvalue weighted by atomic mass is 32.2. The van der Waals surface area contributed by atoms with Gasteiger partial charge in [-0.05, 0) is 24.8 Å². The minimum atomic E-state index is -4.39. The largest absolute Gasteiger partial charge is 0.418 e. The second-order valence-corrected chi connectivity index (χ2v) is 4.95. The van der Waals surface area contributed by atoms with Gasteiger partial charge in [-0.15, -0.1) is 0 Å². The van der Waals surface area contributed by atoms with Crippen molar-refractivity contribution in [2.24, 2.45) is 0 Å². The van der Waals surface area contributed by atoms with Crippen molar-refractivity contribution < 1.29 is 18.3 Å². The van der Waals surface area contributed by atoms with Crippen molar-refractivity contribution >= 4 is 11.8 Å². The van der Waals surface area contributed by atoms with Crippen LogP contribution in [0, 0.1) is 0 Å². The molecule has 0 saturated carbocycles. The molecule has 0 radical (unpaired) electrons. The van der Waals surface area contributed by atoms with Gasteiger partial charge in [0.05, 0.1) is 11.3 Å². The first-order chi connectivity index (χ1) is 8.99. The highest BCUT2D eigenvalue weighted by Gasteiger charge is 2.33. The summed E-state index contributed by atoms with van der Waals surface area (Å²) in [5.74, 6) is 0.731. The van der Waals surface area contributed by atoms with Gasteiger partial charge in [0.2, 0.25) is 0 Å². The number of rotatable bonds is 7. The Morgan fingerprint density at radius 2 is 2.21 bits per heavy atom. The SMILES string of the molecule is CSCC(CCO)NCc1ncccc1C(F)(F)F. The predicted octanol–water partition coefficient (Wildman–Crippen LogP) is 2.30. The number of hydrogen-bond acceptors (Lipinski definition) is 4. The third-order valence-electron chi connectivity index (χ3n) is 2.60. The van der Waals surface area contributed by atoms with E-state index < -0.39 is 11.7 Å². The molecule has 108 valence electrons. The Morgan fingerprint density at radius 3 is 2.79 bits per heavy atom. The van der Waals surface area contributed by atoms with Gasteiger partial charge < -0.3 is 10.4 Å². The van der Waals surface area contributed by atoms with Crippen molar-refractivity contribution in [3.05, 3.63) is 29.6 Å². The normalized spacial score (nSPS) is 13.5. The molecule has 1 aromatic rings. The zero-order valence-electron chi connectivity index (χ0n) is 10.6. The minimum Gasteiger partial charge on any atom is -0.396 e. The van der Waals surface area contributed by atoms with Crippen LogP contribution in [0.4, 0.5) is 13.2 Å². The van der Waals surface area contributed by atoms with Gasteiger partial charge in [0.15, 0.2) is 0 Å². The van der Waals surface area contributed by atoms with Crippen molar-refractivity contribution in [3.63, 3.8) is 0 Å². The van der Waals surface area contributed by atoms with Gasteiger partial charge in [0.25, 0.3) is 0 Å². The van der Waals surface area contributed by atoms with Gasteiger partial charge in [0.1, 0.15) is 0 Å². The van der Waals surface area contributed by atoms with E-state index in [2.05, 4.69) is 10.3 Å². The van der Waals surface area contributed by atoms with Crippen molar-refractivity contribution in [2.75, 3.05) is 18.6 Å². The third-order valence-corrected chi connectivity index (χ3v) is 3.33. The second-order valence-electron chi connectivity index (χ2n) is 4.04. The second kappa shape index (κ2) is 7.72. The molecule has 0 aliphatic carbocycles. The van der Waals surface area contributed by atoms with Crippen LogP contribution in [0.1, 0.15) is 17.7 Å². The smallest absolute Gasteiger partial charge is 0.396 e. The number of aliphatic hydroxyl groups is 1. The van der Waals surface area contributed by atoms with Gasteiger partial charge in [0, 0.05) is 31.1 Å². The maximum atomic E-state index is 12.8. The molecule has 0 aliphatic heterocycles. The number of alkyl halides is 3. The van der Waals surface area contributed by atoms with E-state index in [9.17, 15) is 13.2 Å². The van der Waals surface area contributed by atoms with Gasteiger partial charge >= 0.3 is 6.18 Å². The maximum absolute atomic E-state index is 12.8. The summed E-state index contributed by atoms with van der Waals surface area (Å²) in [6, 6.07) is 2.28. The summed E-state index contributed by atoms with van der Waals surface area (Å²) in [5, 5.41) is 11.9. The lowest BCUT2D eigenvalue weighted by Gasteiger charge is -2.18. The van der Waals surface area contributed by atoms with Crippen LogP contribution < -0.4 is 5.32 Å². The van der Waals surface area contributed by atoms with Crippen LogP contribution in [0.25, 0.3) is 0 Å². The molecular weight excluding hydrogens is 277 g/mol. The van der Waals surface area contributed by atoms with Gasteiger partial charge in [-0.3, -0.25) is 4.98 Å². The number of nitrogens with zero attached hydrogens (tertiary/aromatic N) is 1. The van der Waals surface area contributed by atoms with Crippen molar-refractivity contribution in [1.29, 1.82) is 0 Å². The molecule has 1 heterocycles. The first-order valence-corrected chi connectivity index (χ1v) is 7.22. The molecule has 2 N–H and O–H groups in total. The number of thioether (sulfide) groups is 1. The van der Waals surface area contributed by atoms with Crippen molar-refractivity contribution in [2.45, 2.75) is 25.2 Å². The number of pyridine rings is 1. The van der Waals surface area contributed by atoms with E-state index in [4.69, 9.17) is 5.11 Å². The van der Waals surface area contributed by atoms with Crippen LogP contribution in [-0.2, 0) is 12.7 Å². The molecule has 19 heavy (non-hydrogen) atoms. The first kappa shape index (κ1) is 16.3. The highest BCUT2D eigenvalue weighted by Crippen LogP contribution is 2.30. The quantitative estimate of drug-likeness (QED) is 0.810. The average molecular weight is 294 g/mol. The molecule has 3 nitrogen and oxygen atoms in total. The van der Waals surface area contributed by atoms with Gasteiger partial charge in [-0.1, -0.05) is 0 Å². The first-order valence-electron chi connectivity index (χ1n) is 5.83. The molecule has 0 saturated heterocycles. The Bertz CT molecular complexity index is 381. The Kier molecular flexibility index (Phi) is 6.60. The van der Waals surface area contributed by atoms with E-state index >= 15 is 0 Å². The Balaban J connectivity index is 2.71. The monoisotopic (exact) mass is 294 g/mol. The van der Waals surface area contributed by atoms with E-state index in [0.29, 0.717) is 6.42 Å². The summed E-state index contributed by atoms with van der Waals surface area (Å²) in [6.07, 6.45) is -0.623. The van der Waals surface area contributed by atoms with E-state index in [1.807, 2.05) is 6.26 Å². The van der Waals surface area contributed by atoms with Crippen LogP contribution in [0.3, 0.4) is 0 Å². The molecule has 0 aromatic carbocycles. The third kappa shape index (κ3) is 5.38. The van der Waals surface area contributed by atoms with E-state index in [-0.39, 0.29) is 24.9 Å². The molecule has 7 heteroatoms. The summed E-state index contributed by atoms with van der Waals surface area (Å²) in [7, 11) is 0. The number of halogens is 3. The summed E-state index contributed by atoms with van der Waals surface area (Å²) in [5.41, 5.74) is -0.728. The Morgan fingerprint density at radius 1 is 1.47 bits per heavy atom. The molecular formula is C12H17F3N2OS. The molecule has 1 rings (SSSR count). The molecule has 0 spiro atoms. The van der Waals surface area contributed by atoms with Gasteiger partial charge in [-0.25, -0.2) is 0 Å². The number of aromatic nitrogens is 1. The Labute approximate surface area is 114 Å². The van der Waals surface area contributed by atoms with Crippen LogP contribution >= 0.6 is 11.8 Å². The van der Waals surface area contributed by atoms with Crippen LogP contribution in [-0.4, -0.2) is 34.7 Å². The van der Waals surface area contributed by atoms with Crippen molar-refractivity contribution in [1.82, 2.24) is 10.3 Å². The molecule has 0 aliphatic rings. The fourth-order valence-electron chi connectivity index (χ4n) is 1.68. The lowest BCUT2D eigenvalue weighted by Crippen LogP contribution is -2.32. The van der Waals surface area contributed by atoms with Gasteiger partial charge in [-0.2, -0.15) is 24.9 Å². The van der Waals surface area contributed by atoms with Crippen LogP contribution in [0.2, 0.25) is 0 Å². The molecule has 1 atom stereocenters. The highest BCUT2D eigenvalue weighted by molar-refractivity contribution is 7.98. The molecule has 1 unspecified atom stereocenters. The number of nitrogens with one attached hydrogen (secondary N) is 1. The number of hydrogen-bond donors (Lipinski definition) is 2. The molecule has 0 bridgehead atoms. The van der Waals surface area contributed by atoms with Crippen LogP contribution in [0.15, 0.2) is 18.3 Å². The fourth-order valence-corrected chi connectivity index (χ4v) is 2.37. The van der Waals surface area contributed by atoms with E-state index in [1.54, 1.807) is 11.8 Å². The molecule has 1 aromatic heterocycles. The maximum Gasteiger partial charge on any atom is 0.418 e.